The Morgan fingerprint density at radius 1 is 1.19 bits per heavy atom. The number of amides is 1. The molecule has 138 valence electrons. The molecule has 0 bridgehead atoms. The van der Waals surface area contributed by atoms with Crippen LogP contribution in [-0.4, -0.2) is 55.2 Å². The first-order valence-corrected chi connectivity index (χ1v) is 8.38. The highest BCUT2D eigenvalue weighted by Crippen LogP contribution is 2.19. The Balaban J connectivity index is 1.56. The number of morpholine rings is 1. The van der Waals surface area contributed by atoms with E-state index in [1.165, 1.54) is 18.3 Å². The molecule has 0 atom stereocenters. The minimum atomic E-state index is -0.729. The van der Waals surface area contributed by atoms with Crippen LogP contribution >= 0.6 is 0 Å². The molecule has 1 saturated heterocycles. The van der Waals surface area contributed by atoms with Gasteiger partial charge in [-0.25, -0.2) is 13.8 Å². The summed E-state index contributed by atoms with van der Waals surface area (Å²) in [6.07, 6.45) is 1.46. The predicted molar refractivity (Wildman–Crippen MR) is 93.5 cm³/mol. The highest BCUT2D eigenvalue weighted by atomic mass is 19.1. The number of rotatable bonds is 6. The van der Waals surface area contributed by atoms with Crippen LogP contribution in [-0.2, 0) is 4.74 Å². The summed E-state index contributed by atoms with van der Waals surface area (Å²) >= 11 is 0. The Hall–Kier alpha value is -2.58. The molecule has 8 heteroatoms. The number of benzene rings is 1. The fourth-order valence-corrected chi connectivity index (χ4v) is 2.62. The van der Waals surface area contributed by atoms with E-state index in [1.807, 2.05) is 0 Å². The van der Waals surface area contributed by atoms with Gasteiger partial charge in [0.15, 0.2) is 0 Å². The van der Waals surface area contributed by atoms with E-state index in [4.69, 9.17) is 4.74 Å². The number of nitrogens with one attached hydrogen (secondary N) is 2. The van der Waals surface area contributed by atoms with Crippen LogP contribution in [0.25, 0.3) is 0 Å². The van der Waals surface area contributed by atoms with E-state index in [2.05, 4.69) is 20.5 Å². The third-order valence-corrected chi connectivity index (χ3v) is 4.03. The zero-order valence-corrected chi connectivity index (χ0v) is 14.2. The summed E-state index contributed by atoms with van der Waals surface area (Å²) in [5, 5.41) is 5.60. The molecular weight excluding hydrogens is 342 g/mol. The molecule has 1 aliphatic rings. The molecule has 2 heterocycles. The first kappa shape index (κ1) is 18.2. The second kappa shape index (κ2) is 8.68. The summed E-state index contributed by atoms with van der Waals surface area (Å²) in [5.41, 5.74) is 0.496. The lowest BCUT2D eigenvalue weighted by atomic mass is 10.2. The predicted octanol–water partition coefficient (Wildman–Crippen LogP) is 2.17. The summed E-state index contributed by atoms with van der Waals surface area (Å²) < 4.78 is 32.0. The Bertz CT molecular complexity index is 767. The first-order chi connectivity index (χ1) is 12.6. The van der Waals surface area contributed by atoms with Crippen molar-refractivity contribution < 1.29 is 18.3 Å². The van der Waals surface area contributed by atoms with Crippen molar-refractivity contribution in [3.05, 3.63) is 53.7 Å². The van der Waals surface area contributed by atoms with Gasteiger partial charge >= 0.3 is 0 Å². The zero-order valence-electron chi connectivity index (χ0n) is 14.2. The summed E-state index contributed by atoms with van der Waals surface area (Å²) in [4.78, 5) is 18.6. The molecule has 26 heavy (non-hydrogen) atoms. The molecule has 6 nitrogen and oxygen atoms in total. The molecule has 1 aliphatic heterocycles. The molecule has 0 spiro atoms. The van der Waals surface area contributed by atoms with Crippen LogP contribution in [0.4, 0.5) is 20.3 Å². The van der Waals surface area contributed by atoms with Crippen molar-refractivity contribution >= 4 is 17.4 Å². The SMILES string of the molecule is O=C(NCCN1CCOCC1)c1ccnc(Nc2ccc(F)cc2F)c1. The van der Waals surface area contributed by atoms with E-state index in [1.54, 1.807) is 6.07 Å². The number of anilines is 2. The largest absolute Gasteiger partial charge is 0.379 e. The molecular formula is C18H20F2N4O2. The van der Waals surface area contributed by atoms with Gasteiger partial charge < -0.3 is 15.4 Å². The number of hydrogen-bond donors (Lipinski definition) is 2. The van der Waals surface area contributed by atoms with Gasteiger partial charge in [-0.05, 0) is 24.3 Å². The summed E-state index contributed by atoms with van der Waals surface area (Å²) in [5.74, 6) is -1.32. The molecule has 0 aliphatic carbocycles. The molecule has 0 radical (unpaired) electrons. The van der Waals surface area contributed by atoms with Gasteiger partial charge in [0, 0.05) is 44.0 Å². The van der Waals surface area contributed by atoms with E-state index in [0.717, 1.165) is 31.8 Å². The fourth-order valence-electron chi connectivity index (χ4n) is 2.62. The number of nitrogens with zero attached hydrogens (tertiary/aromatic N) is 2. The molecule has 1 aromatic carbocycles. The summed E-state index contributed by atoms with van der Waals surface area (Å²) in [6, 6.07) is 6.31. The summed E-state index contributed by atoms with van der Waals surface area (Å²) in [6.45, 7) is 4.44. The zero-order chi connectivity index (χ0) is 18.4. The number of hydrogen-bond acceptors (Lipinski definition) is 5. The van der Waals surface area contributed by atoms with Gasteiger partial charge in [0.2, 0.25) is 0 Å². The number of carbonyl (C=O) groups is 1. The van der Waals surface area contributed by atoms with Crippen molar-refractivity contribution in [3.8, 4) is 0 Å². The van der Waals surface area contributed by atoms with Crippen molar-refractivity contribution in [1.29, 1.82) is 0 Å². The van der Waals surface area contributed by atoms with Gasteiger partial charge in [-0.1, -0.05) is 0 Å². The quantitative estimate of drug-likeness (QED) is 0.824. The average molecular weight is 362 g/mol. The minimum absolute atomic E-state index is 0.0868. The monoisotopic (exact) mass is 362 g/mol. The maximum absolute atomic E-state index is 13.7. The Morgan fingerprint density at radius 2 is 2.00 bits per heavy atom. The second-order valence-electron chi connectivity index (χ2n) is 5.89. The van der Waals surface area contributed by atoms with E-state index in [0.29, 0.717) is 31.1 Å². The lowest BCUT2D eigenvalue weighted by Crippen LogP contribution is -2.41. The molecule has 2 N–H and O–H groups in total. The number of aromatic nitrogens is 1. The van der Waals surface area contributed by atoms with Crippen molar-refractivity contribution in [2.45, 2.75) is 0 Å². The maximum atomic E-state index is 13.7. The lowest BCUT2D eigenvalue weighted by molar-refractivity contribution is 0.0383. The standard InChI is InChI=1S/C18H20F2N4O2/c19-14-1-2-16(15(20)12-14)23-17-11-13(3-4-21-17)18(25)22-5-6-24-7-9-26-10-8-24/h1-4,11-12H,5-10H2,(H,21,23)(H,22,25). The number of halogens is 2. The smallest absolute Gasteiger partial charge is 0.251 e. The molecule has 1 aromatic heterocycles. The molecule has 1 fully saturated rings. The Morgan fingerprint density at radius 3 is 2.77 bits per heavy atom. The molecule has 2 aromatic rings. The van der Waals surface area contributed by atoms with Crippen LogP contribution in [0.3, 0.4) is 0 Å². The molecule has 1 amide bonds. The maximum Gasteiger partial charge on any atom is 0.251 e. The normalized spacial score (nSPS) is 14.8. The lowest BCUT2D eigenvalue weighted by Gasteiger charge is -2.26. The molecule has 0 saturated carbocycles. The van der Waals surface area contributed by atoms with E-state index in [-0.39, 0.29) is 11.6 Å². The van der Waals surface area contributed by atoms with Crippen LogP contribution in [0.1, 0.15) is 10.4 Å². The summed E-state index contributed by atoms with van der Waals surface area (Å²) in [7, 11) is 0. The third kappa shape index (κ3) is 4.96. The van der Waals surface area contributed by atoms with Crippen LogP contribution in [0.5, 0.6) is 0 Å². The molecule has 3 rings (SSSR count). The van der Waals surface area contributed by atoms with Crippen molar-refractivity contribution in [2.75, 3.05) is 44.7 Å². The van der Waals surface area contributed by atoms with Gasteiger partial charge in [0.1, 0.15) is 17.5 Å². The first-order valence-electron chi connectivity index (χ1n) is 8.38. The van der Waals surface area contributed by atoms with Crippen molar-refractivity contribution in [3.63, 3.8) is 0 Å². The minimum Gasteiger partial charge on any atom is -0.379 e. The van der Waals surface area contributed by atoms with Gasteiger partial charge in [-0.2, -0.15) is 0 Å². The van der Waals surface area contributed by atoms with Gasteiger partial charge in [0.25, 0.3) is 5.91 Å². The highest BCUT2D eigenvalue weighted by Gasteiger charge is 2.12. The number of pyridine rings is 1. The Labute approximate surface area is 150 Å². The van der Waals surface area contributed by atoms with E-state index in [9.17, 15) is 13.6 Å². The third-order valence-electron chi connectivity index (χ3n) is 4.03. The van der Waals surface area contributed by atoms with Gasteiger partial charge in [-0.15, -0.1) is 0 Å². The van der Waals surface area contributed by atoms with E-state index >= 15 is 0 Å². The highest BCUT2D eigenvalue weighted by molar-refractivity contribution is 5.94. The van der Waals surface area contributed by atoms with Crippen LogP contribution < -0.4 is 10.6 Å². The van der Waals surface area contributed by atoms with E-state index < -0.39 is 11.6 Å². The van der Waals surface area contributed by atoms with Gasteiger partial charge in [0.05, 0.1) is 18.9 Å². The number of ether oxygens (including phenoxy) is 1. The second-order valence-corrected chi connectivity index (χ2v) is 5.89. The van der Waals surface area contributed by atoms with Gasteiger partial charge in [-0.3, -0.25) is 9.69 Å². The fraction of sp³-hybridized carbons (Fsp3) is 0.333. The Kier molecular flexibility index (Phi) is 6.08. The topological polar surface area (TPSA) is 66.5 Å². The average Bonchev–Trinajstić information content (AvgIpc) is 2.65. The van der Waals surface area contributed by atoms with Crippen LogP contribution in [0, 0.1) is 11.6 Å². The van der Waals surface area contributed by atoms with Crippen molar-refractivity contribution in [1.82, 2.24) is 15.2 Å². The van der Waals surface area contributed by atoms with Crippen LogP contribution in [0.15, 0.2) is 36.5 Å². The number of carbonyl (C=O) groups excluding carboxylic acids is 1. The van der Waals surface area contributed by atoms with Crippen LogP contribution in [0.2, 0.25) is 0 Å². The van der Waals surface area contributed by atoms with Crippen molar-refractivity contribution in [2.24, 2.45) is 0 Å². The molecule has 0 unspecified atom stereocenters.